The number of nitrogens with zero attached hydrogens (tertiary/aromatic N) is 2. The lowest BCUT2D eigenvalue weighted by Crippen LogP contribution is -2.09. The number of anilines is 1. The number of halogens is 1. The molecule has 0 bridgehead atoms. The summed E-state index contributed by atoms with van der Waals surface area (Å²) in [6.45, 7) is 4.76. The van der Waals surface area contributed by atoms with Gasteiger partial charge in [0.1, 0.15) is 18.0 Å². The molecule has 0 unspecified atom stereocenters. The molecule has 1 N–H and O–H groups in total. The Morgan fingerprint density at radius 1 is 1.06 bits per heavy atom. The quantitative estimate of drug-likeness (QED) is 0.249. The van der Waals surface area contributed by atoms with Crippen LogP contribution in [-0.2, 0) is 9.53 Å². The number of benzene rings is 2. The Bertz CT molecular complexity index is 1080. The first-order valence-corrected chi connectivity index (χ1v) is 11.6. The van der Waals surface area contributed by atoms with E-state index in [0.29, 0.717) is 37.0 Å². The molecule has 34 heavy (non-hydrogen) atoms. The molecule has 0 aliphatic carbocycles. The summed E-state index contributed by atoms with van der Waals surface area (Å²) >= 11 is 0. The zero-order chi connectivity index (χ0) is 24.3. The molecule has 0 spiro atoms. The van der Waals surface area contributed by atoms with E-state index >= 15 is 0 Å². The van der Waals surface area contributed by atoms with Gasteiger partial charge in [0.25, 0.3) is 0 Å². The second-order valence-electron chi connectivity index (χ2n) is 7.98. The van der Waals surface area contributed by atoms with Crippen LogP contribution in [0.5, 0.6) is 11.5 Å². The molecule has 7 nitrogen and oxygen atoms in total. The third kappa shape index (κ3) is 7.04. The van der Waals surface area contributed by atoms with Crippen molar-refractivity contribution in [1.82, 2.24) is 9.97 Å². The fourth-order valence-electron chi connectivity index (χ4n) is 3.63. The average molecular weight is 470 g/mol. The number of nitrogens with one attached hydrogen (secondary N) is 1. The van der Waals surface area contributed by atoms with E-state index in [1.54, 1.807) is 19.2 Å². The van der Waals surface area contributed by atoms with E-state index in [9.17, 15) is 9.18 Å². The van der Waals surface area contributed by atoms with Crippen LogP contribution in [0.2, 0.25) is 0 Å². The van der Waals surface area contributed by atoms with Gasteiger partial charge in [-0.2, -0.15) is 0 Å². The number of carbonyl (C=O) groups excluding carboxylic acids is 1. The maximum atomic E-state index is 13.3. The van der Waals surface area contributed by atoms with Gasteiger partial charge in [0.2, 0.25) is 0 Å². The van der Waals surface area contributed by atoms with Crippen molar-refractivity contribution < 1.29 is 23.4 Å². The van der Waals surface area contributed by atoms with Crippen LogP contribution in [0.3, 0.4) is 0 Å². The molecule has 3 aromatic rings. The molecule has 0 radical (unpaired) electrons. The highest BCUT2D eigenvalue weighted by Crippen LogP contribution is 2.35. The summed E-state index contributed by atoms with van der Waals surface area (Å²) in [6, 6.07) is 10.0. The van der Waals surface area contributed by atoms with Crippen molar-refractivity contribution in [1.29, 1.82) is 0 Å². The summed E-state index contributed by atoms with van der Waals surface area (Å²) in [7, 11) is 1.60. The van der Waals surface area contributed by atoms with Gasteiger partial charge in [-0.15, -0.1) is 0 Å². The number of esters is 1. The summed E-state index contributed by atoms with van der Waals surface area (Å²) in [5.41, 5.74) is 1.67. The van der Waals surface area contributed by atoms with Gasteiger partial charge >= 0.3 is 5.97 Å². The largest absolute Gasteiger partial charge is 0.493 e. The van der Waals surface area contributed by atoms with E-state index in [1.807, 2.05) is 26.0 Å². The van der Waals surface area contributed by atoms with Crippen molar-refractivity contribution in [3.05, 3.63) is 54.1 Å². The van der Waals surface area contributed by atoms with Gasteiger partial charge < -0.3 is 19.5 Å². The molecule has 0 saturated heterocycles. The Kier molecular flexibility index (Phi) is 9.43. The van der Waals surface area contributed by atoms with Gasteiger partial charge in [-0.3, -0.25) is 4.79 Å². The molecule has 1 atom stereocenters. The predicted octanol–water partition coefficient (Wildman–Crippen LogP) is 5.84. The third-order valence-corrected chi connectivity index (χ3v) is 5.48. The Morgan fingerprint density at radius 3 is 2.56 bits per heavy atom. The Labute approximate surface area is 199 Å². The molecule has 0 amide bonds. The van der Waals surface area contributed by atoms with Crippen LogP contribution in [0.25, 0.3) is 10.9 Å². The average Bonchev–Trinajstić information content (AvgIpc) is 2.83. The summed E-state index contributed by atoms with van der Waals surface area (Å²) in [5.74, 6) is 1.48. The molecule has 1 aromatic heterocycles. The number of hydrogen-bond acceptors (Lipinski definition) is 7. The Hall–Kier alpha value is -3.42. The van der Waals surface area contributed by atoms with Gasteiger partial charge in [0.05, 0.1) is 25.8 Å². The number of rotatable bonds is 13. The van der Waals surface area contributed by atoms with Crippen LogP contribution >= 0.6 is 0 Å². The molecule has 0 saturated carbocycles. The maximum absolute atomic E-state index is 13.3. The minimum atomic E-state index is -0.267. The Balaban J connectivity index is 1.63. The minimum Gasteiger partial charge on any atom is -0.493 e. The van der Waals surface area contributed by atoms with Crippen LogP contribution < -0.4 is 14.8 Å². The van der Waals surface area contributed by atoms with Crippen LogP contribution in [0.4, 0.5) is 10.2 Å². The molecule has 0 fully saturated rings. The molecular formula is C26H32FN3O4. The van der Waals surface area contributed by atoms with Gasteiger partial charge in [-0.05, 0) is 50.5 Å². The number of methoxy groups -OCH3 is 1. The fraction of sp³-hybridized carbons (Fsp3) is 0.423. The van der Waals surface area contributed by atoms with E-state index < -0.39 is 0 Å². The number of fused-ring (bicyclic) bond motifs is 1. The summed E-state index contributed by atoms with van der Waals surface area (Å²) in [4.78, 5) is 20.2. The topological polar surface area (TPSA) is 82.6 Å². The molecular weight excluding hydrogens is 437 g/mol. The van der Waals surface area contributed by atoms with E-state index in [4.69, 9.17) is 14.2 Å². The summed E-state index contributed by atoms with van der Waals surface area (Å²) < 4.78 is 29.7. The zero-order valence-corrected chi connectivity index (χ0v) is 20.0. The van der Waals surface area contributed by atoms with Crippen LogP contribution in [0.15, 0.2) is 42.7 Å². The number of ether oxygens (including phenoxy) is 3. The summed E-state index contributed by atoms with van der Waals surface area (Å²) in [5, 5.41) is 4.19. The van der Waals surface area contributed by atoms with Gasteiger partial charge in [0.15, 0.2) is 11.5 Å². The standard InChI is InChI=1S/C26H32FN3O4/c1-4-33-25(31)9-7-5-6-8-14-34-24-15-21-22(16-23(24)32-3)28-17-29-26(21)30-18(2)19-10-12-20(27)13-11-19/h10-13,15-18H,4-9,14H2,1-3H3,(H,28,29,30)/t18-/m1/s1. The van der Waals surface area contributed by atoms with Crippen molar-refractivity contribution >= 4 is 22.7 Å². The first-order chi connectivity index (χ1) is 16.5. The van der Waals surface area contributed by atoms with Gasteiger partial charge in [0, 0.05) is 23.9 Å². The van der Waals surface area contributed by atoms with E-state index in [0.717, 1.165) is 42.1 Å². The summed E-state index contributed by atoms with van der Waals surface area (Å²) in [6.07, 6.45) is 5.54. The number of unbranched alkanes of at least 4 members (excludes halogenated alkanes) is 3. The maximum Gasteiger partial charge on any atom is 0.305 e. The van der Waals surface area contributed by atoms with Crippen molar-refractivity contribution in [2.24, 2.45) is 0 Å². The molecule has 1 heterocycles. The molecule has 182 valence electrons. The Morgan fingerprint density at radius 2 is 1.82 bits per heavy atom. The van der Waals surface area contributed by atoms with Gasteiger partial charge in [-0.1, -0.05) is 25.0 Å². The lowest BCUT2D eigenvalue weighted by molar-refractivity contribution is -0.143. The number of carbonyl (C=O) groups is 1. The van der Waals surface area contributed by atoms with Crippen molar-refractivity contribution in [2.45, 2.75) is 52.0 Å². The SMILES string of the molecule is CCOC(=O)CCCCCCOc1cc2c(N[C@H](C)c3ccc(F)cc3)ncnc2cc1OC. The molecule has 0 aliphatic heterocycles. The molecule has 8 heteroatoms. The van der Waals surface area contributed by atoms with E-state index in [2.05, 4.69) is 15.3 Å². The predicted molar refractivity (Wildman–Crippen MR) is 130 cm³/mol. The third-order valence-electron chi connectivity index (χ3n) is 5.48. The molecule has 0 aliphatic rings. The van der Waals surface area contributed by atoms with E-state index in [1.165, 1.54) is 18.5 Å². The second-order valence-corrected chi connectivity index (χ2v) is 7.98. The zero-order valence-electron chi connectivity index (χ0n) is 20.0. The van der Waals surface area contributed by atoms with Crippen molar-refractivity contribution in [2.75, 3.05) is 25.6 Å². The minimum absolute atomic E-state index is 0.0835. The normalized spacial score (nSPS) is 11.8. The molecule has 2 aromatic carbocycles. The van der Waals surface area contributed by atoms with Crippen LogP contribution in [0, 0.1) is 5.82 Å². The monoisotopic (exact) mass is 469 g/mol. The highest BCUT2D eigenvalue weighted by atomic mass is 19.1. The fourth-order valence-corrected chi connectivity index (χ4v) is 3.63. The van der Waals surface area contributed by atoms with Crippen molar-refractivity contribution in [3.8, 4) is 11.5 Å². The van der Waals surface area contributed by atoms with Crippen LogP contribution in [0.1, 0.15) is 57.6 Å². The number of aromatic nitrogens is 2. The highest BCUT2D eigenvalue weighted by molar-refractivity contribution is 5.91. The number of hydrogen-bond donors (Lipinski definition) is 1. The lowest BCUT2D eigenvalue weighted by Gasteiger charge is -2.17. The second kappa shape index (κ2) is 12.7. The van der Waals surface area contributed by atoms with Crippen molar-refractivity contribution in [3.63, 3.8) is 0 Å². The first-order valence-electron chi connectivity index (χ1n) is 11.6. The first kappa shape index (κ1) is 25.2. The van der Waals surface area contributed by atoms with Crippen LogP contribution in [-0.4, -0.2) is 36.3 Å². The molecule has 3 rings (SSSR count). The highest BCUT2D eigenvalue weighted by Gasteiger charge is 2.14. The lowest BCUT2D eigenvalue weighted by atomic mass is 10.1. The van der Waals surface area contributed by atoms with Gasteiger partial charge in [-0.25, -0.2) is 14.4 Å². The smallest absolute Gasteiger partial charge is 0.305 e. The van der Waals surface area contributed by atoms with E-state index in [-0.39, 0.29) is 17.8 Å².